The molecule has 11 nitrogen and oxygen atoms in total. The van der Waals surface area contributed by atoms with E-state index in [1.165, 1.54) is 54.9 Å². The van der Waals surface area contributed by atoms with Crippen molar-refractivity contribution in [1.29, 1.82) is 0 Å². The summed E-state index contributed by atoms with van der Waals surface area (Å²) in [6, 6.07) is 14.8. The van der Waals surface area contributed by atoms with Gasteiger partial charge < -0.3 is 5.32 Å². The van der Waals surface area contributed by atoms with Crippen molar-refractivity contribution in [3.8, 4) is 0 Å². The number of amides is 3. The normalized spacial score (nSPS) is 12.8. The van der Waals surface area contributed by atoms with Gasteiger partial charge in [-0.1, -0.05) is 0 Å². The van der Waals surface area contributed by atoms with Crippen LogP contribution in [-0.2, 0) is 16.6 Å². The summed E-state index contributed by atoms with van der Waals surface area (Å²) in [5.41, 5.74) is 1.62. The molecular formula is C25H18N6O5S. The number of carbonyl (C=O) groups excluding carboxylic acids is 3. The van der Waals surface area contributed by atoms with Gasteiger partial charge in [-0.2, -0.15) is 0 Å². The molecule has 0 spiro atoms. The maximum Gasteiger partial charge on any atom is 0.264 e. The second-order valence-electron chi connectivity index (χ2n) is 7.97. The van der Waals surface area contributed by atoms with Gasteiger partial charge in [-0.25, -0.2) is 23.1 Å². The van der Waals surface area contributed by atoms with E-state index in [0.717, 1.165) is 10.5 Å². The molecule has 3 heterocycles. The van der Waals surface area contributed by atoms with E-state index in [0.29, 0.717) is 5.69 Å². The lowest BCUT2D eigenvalue weighted by molar-refractivity contribution is 0.0642. The molecule has 184 valence electrons. The fraction of sp³-hybridized carbons (Fsp3) is 0.0400. The third kappa shape index (κ3) is 4.90. The Bertz CT molecular complexity index is 1610. The van der Waals surface area contributed by atoms with Crippen molar-refractivity contribution in [2.24, 2.45) is 0 Å². The highest BCUT2D eigenvalue weighted by molar-refractivity contribution is 7.92. The molecule has 5 rings (SSSR count). The summed E-state index contributed by atoms with van der Waals surface area (Å²) in [5.74, 6) is -1.52. The third-order valence-corrected chi connectivity index (χ3v) is 6.88. The average Bonchev–Trinajstić information content (AvgIpc) is 3.14. The molecule has 0 aliphatic carbocycles. The van der Waals surface area contributed by atoms with Crippen LogP contribution in [0, 0.1) is 0 Å². The van der Waals surface area contributed by atoms with Gasteiger partial charge in [0.2, 0.25) is 5.95 Å². The minimum atomic E-state index is -3.92. The highest BCUT2D eigenvalue weighted by atomic mass is 32.2. The molecule has 2 aromatic carbocycles. The number of hydrogen-bond acceptors (Lipinski definition) is 8. The number of imide groups is 1. The first-order valence-corrected chi connectivity index (χ1v) is 12.4. The van der Waals surface area contributed by atoms with Gasteiger partial charge in [-0.3, -0.25) is 24.3 Å². The number of carbonyl (C=O) groups is 3. The van der Waals surface area contributed by atoms with Crippen molar-refractivity contribution >= 4 is 39.4 Å². The number of nitrogens with one attached hydrogen (secondary N) is 2. The summed E-state index contributed by atoms with van der Waals surface area (Å²) in [7, 11) is -3.92. The monoisotopic (exact) mass is 514 g/mol. The summed E-state index contributed by atoms with van der Waals surface area (Å²) in [5, 5.41) is 2.66. The highest BCUT2D eigenvalue weighted by Crippen LogP contribution is 2.26. The predicted molar refractivity (Wildman–Crippen MR) is 132 cm³/mol. The lowest BCUT2D eigenvalue weighted by atomic mass is 10.1. The number of benzene rings is 2. The van der Waals surface area contributed by atoms with Crippen LogP contribution in [0.4, 0.5) is 11.6 Å². The topological polar surface area (TPSA) is 151 Å². The van der Waals surface area contributed by atoms with Crippen LogP contribution in [0.15, 0.2) is 90.3 Å². The van der Waals surface area contributed by atoms with Crippen LogP contribution in [0.3, 0.4) is 0 Å². The van der Waals surface area contributed by atoms with Crippen LogP contribution in [0.5, 0.6) is 0 Å². The van der Waals surface area contributed by atoms with E-state index < -0.39 is 27.7 Å². The zero-order chi connectivity index (χ0) is 26.0. The number of aromatic nitrogens is 3. The van der Waals surface area contributed by atoms with E-state index >= 15 is 0 Å². The second kappa shape index (κ2) is 9.59. The minimum Gasteiger partial charge on any atom is -0.322 e. The van der Waals surface area contributed by atoms with Gasteiger partial charge in [0.1, 0.15) is 0 Å². The molecule has 0 bridgehead atoms. The quantitative estimate of drug-likeness (QED) is 0.357. The van der Waals surface area contributed by atoms with Crippen LogP contribution in [0.2, 0.25) is 0 Å². The molecule has 2 aromatic heterocycles. The Morgan fingerprint density at radius 1 is 0.838 bits per heavy atom. The number of rotatable bonds is 7. The summed E-state index contributed by atoms with van der Waals surface area (Å²) in [6.45, 7) is 0.0942. The van der Waals surface area contributed by atoms with Crippen molar-refractivity contribution in [2.75, 3.05) is 10.0 Å². The van der Waals surface area contributed by atoms with E-state index in [2.05, 4.69) is 25.0 Å². The first kappa shape index (κ1) is 23.8. The number of sulfonamides is 1. The van der Waals surface area contributed by atoms with Crippen molar-refractivity contribution < 1.29 is 22.8 Å². The van der Waals surface area contributed by atoms with Gasteiger partial charge in [0.05, 0.1) is 22.6 Å². The minimum absolute atomic E-state index is 0.0473. The molecular weight excluding hydrogens is 496 g/mol. The molecule has 0 fully saturated rings. The van der Waals surface area contributed by atoms with Crippen molar-refractivity contribution in [3.05, 3.63) is 108 Å². The maximum atomic E-state index is 12.9. The third-order valence-electron chi connectivity index (χ3n) is 5.54. The van der Waals surface area contributed by atoms with Crippen LogP contribution in [0.1, 0.15) is 36.6 Å². The number of pyridine rings is 1. The molecule has 0 unspecified atom stereocenters. The van der Waals surface area contributed by atoms with Crippen LogP contribution in [0.25, 0.3) is 0 Å². The molecule has 0 saturated heterocycles. The molecule has 0 radical (unpaired) electrons. The van der Waals surface area contributed by atoms with Crippen LogP contribution >= 0.6 is 0 Å². The molecule has 3 amide bonds. The Morgan fingerprint density at radius 3 is 2.22 bits per heavy atom. The zero-order valence-electron chi connectivity index (χ0n) is 19.0. The van der Waals surface area contributed by atoms with E-state index in [1.54, 1.807) is 30.6 Å². The molecule has 1 aliphatic rings. The van der Waals surface area contributed by atoms with Crippen molar-refractivity contribution in [2.45, 2.75) is 11.4 Å². The molecule has 0 atom stereocenters. The van der Waals surface area contributed by atoms with Crippen molar-refractivity contribution in [1.82, 2.24) is 19.9 Å². The Hall–Kier alpha value is -4.97. The zero-order valence-corrected chi connectivity index (χ0v) is 19.8. The van der Waals surface area contributed by atoms with Crippen LogP contribution < -0.4 is 10.0 Å². The smallest absolute Gasteiger partial charge is 0.264 e. The molecule has 4 aromatic rings. The Morgan fingerprint density at radius 2 is 1.51 bits per heavy atom. The fourth-order valence-electron chi connectivity index (χ4n) is 3.70. The first-order valence-electron chi connectivity index (χ1n) is 10.9. The number of fused-ring (bicyclic) bond motifs is 1. The molecule has 37 heavy (non-hydrogen) atoms. The molecule has 2 N–H and O–H groups in total. The second-order valence-corrected chi connectivity index (χ2v) is 9.65. The summed E-state index contributed by atoms with van der Waals surface area (Å²) >= 11 is 0. The highest BCUT2D eigenvalue weighted by Gasteiger charge is 2.36. The predicted octanol–water partition coefficient (Wildman–Crippen LogP) is 2.72. The van der Waals surface area contributed by atoms with E-state index in [1.807, 2.05) is 0 Å². The average molecular weight is 515 g/mol. The Labute approximate surface area is 211 Å². The number of anilines is 2. The SMILES string of the molecule is O=C(Nc1ccc(S(=O)(=O)Nc2ncccn2)cc1)c1ccc2c(c1)C(=O)N(Cc1ccncc1)C2=O. The molecule has 12 heteroatoms. The summed E-state index contributed by atoms with van der Waals surface area (Å²) in [6.07, 6.45) is 5.97. The first-order chi connectivity index (χ1) is 17.8. The van der Waals surface area contributed by atoms with Gasteiger partial charge in [-0.15, -0.1) is 0 Å². The summed E-state index contributed by atoms with van der Waals surface area (Å²) in [4.78, 5) is 51.1. The fourth-order valence-corrected chi connectivity index (χ4v) is 4.66. The van der Waals surface area contributed by atoms with Crippen LogP contribution in [-0.4, -0.2) is 46.0 Å². The van der Waals surface area contributed by atoms with E-state index in [9.17, 15) is 22.8 Å². The number of nitrogens with zero attached hydrogens (tertiary/aromatic N) is 4. The Balaban J connectivity index is 1.29. The summed E-state index contributed by atoms with van der Waals surface area (Å²) < 4.78 is 27.3. The van der Waals surface area contributed by atoms with Gasteiger partial charge in [-0.05, 0) is 66.2 Å². The van der Waals surface area contributed by atoms with Crippen molar-refractivity contribution in [3.63, 3.8) is 0 Å². The van der Waals surface area contributed by atoms with Gasteiger partial charge >= 0.3 is 0 Å². The maximum absolute atomic E-state index is 12.9. The van der Waals surface area contributed by atoms with Gasteiger partial charge in [0, 0.05) is 36.0 Å². The molecule has 1 aliphatic heterocycles. The van der Waals surface area contributed by atoms with E-state index in [-0.39, 0.29) is 34.1 Å². The standard InChI is InChI=1S/C25H18N6O5S/c32-22(29-18-3-5-19(6-4-18)37(35,36)30-25-27-10-1-11-28-25)17-2-7-20-21(14-17)24(34)31(23(20)33)15-16-8-12-26-13-9-16/h1-14H,15H2,(H,29,32)(H,27,28,30). The largest absolute Gasteiger partial charge is 0.322 e. The lowest BCUT2D eigenvalue weighted by Crippen LogP contribution is -2.29. The van der Waals surface area contributed by atoms with E-state index in [4.69, 9.17) is 0 Å². The lowest BCUT2D eigenvalue weighted by Gasteiger charge is -2.13. The van der Waals surface area contributed by atoms with Gasteiger partial charge in [0.15, 0.2) is 0 Å². The molecule has 0 saturated carbocycles. The van der Waals surface area contributed by atoms with Gasteiger partial charge in [0.25, 0.3) is 27.7 Å². The Kier molecular flexibility index (Phi) is 6.15. The number of hydrogen-bond donors (Lipinski definition) is 2.